The van der Waals surface area contributed by atoms with E-state index >= 15 is 0 Å². The van der Waals surface area contributed by atoms with Gasteiger partial charge in [-0.1, -0.05) is 66.2 Å². The first-order valence-electron chi connectivity index (χ1n) is 8.01. The zero-order valence-electron chi connectivity index (χ0n) is 13.4. The number of rotatable bonds is 5. The van der Waals surface area contributed by atoms with E-state index in [1.807, 2.05) is 12.1 Å². The molecule has 0 bridgehead atoms. The minimum Gasteiger partial charge on any atom is -0.352 e. The van der Waals surface area contributed by atoms with E-state index in [-0.39, 0.29) is 5.91 Å². The summed E-state index contributed by atoms with van der Waals surface area (Å²) < 4.78 is 0. The fourth-order valence-corrected chi connectivity index (χ4v) is 2.65. The van der Waals surface area contributed by atoms with Gasteiger partial charge >= 0.3 is 0 Å². The van der Waals surface area contributed by atoms with Crippen LogP contribution in [0.15, 0.2) is 66.7 Å². The van der Waals surface area contributed by atoms with Gasteiger partial charge in [0.25, 0.3) is 0 Å². The van der Waals surface area contributed by atoms with Crippen molar-refractivity contribution in [2.45, 2.75) is 26.3 Å². The van der Waals surface area contributed by atoms with Crippen molar-refractivity contribution in [1.82, 2.24) is 5.32 Å². The van der Waals surface area contributed by atoms with Crippen LogP contribution in [-0.2, 0) is 17.8 Å². The lowest BCUT2D eigenvalue weighted by Crippen LogP contribution is -2.22. The number of carbonyl (C=O) groups excluding carboxylic acids is 1. The number of fused-ring (bicyclic) bond motifs is 1. The largest absolute Gasteiger partial charge is 0.352 e. The molecule has 0 fully saturated rings. The highest BCUT2D eigenvalue weighted by molar-refractivity contribution is 5.83. The highest BCUT2D eigenvalue weighted by atomic mass is 16.1. The molecule has 3 aromatic rings. The summed E-state index contributed by atoms with van der Waals surface area (Å²) in [6.45, 7) is 2.65. The Morgan fingerprint density at radius 3 is 2.35 bits per heavy atom. The topological polar surface area (TPSA) is 29.1 Å². The van der Waals surface area contributed by atoms with Gasteiger partial charge in [-0.05, 0) is 41.3 Å². The SMILES string of the molecule is Cc1ccc(CCC(=O)NCc2ccc3ccccc3c2)cc1. The van der Waals surface area contributed by atoms with E-state index in [2.05, 4.69) is 66.8 Å². The van der Waals surface area contributed by atoms with E-state index in [9.17, 15) is 4.79 Å². The third-order valence-electron chi connectivity index (χ3n) is 4.06. The number of hydrogen-bond donors (Lipinski definition) is 1. The maximum absolute atomic E-state index is 12.0. The maximum atomic E-state index is 12.0. The average Bonchev–Trinajstić information content (AvgIpc) is 2.59. The molecule has 116 valence electrons. The summed E-state index contributed by atoms with van der Waals surface area (Å²) in [5, 5.41) is 5.44. The van der Waals surface area contributed by atoms with Gasteiger partial charge in [0, 0.05) is 13.0 Å². The molecule has 0 radical (unpaired) electrons. The van der Waals surface area contributed by atoms with Crippen LogP contribution in [0.3, 0.4) is 0 Å². The molecule has 3 rings (SSSR count). The Balaban J connectivity index is 1.52. The molecule has 1 N–H and O–H groups in total. The predicted octanol–water partition coefficient (Wildman–Crippen LogP) is 4.40. The Labute approximate surface area is 137 Å². The van der Waals surface area contributed by atoms with Crippen molar-refractivity contribution in [1.29, 1.82) is 0 Å². The van der Waals surface area contributed by atoms with Gasteiger partial charge in [-0.25, -0.2) is 0 Å². The van der Waals surface area contributed by atoms with Crippen LogP contribution in [0.5, 0.6) is 0 Å². The fourth-order valence-electron chi connectivity index (χ4n) is 2.65. The summed E-state index contributed by atoms with van der Waals surface area (Å²) in [6.07, 6.45) is 1.31. The molecule has 0 atom stereocenters. The van der Waals surface area contributed by atoms with E-state index in [4.69, 9.17) is 0 Å². The Morgan fingerprint density at radius 1 is 0.870 bits per heavy atom. The summed E-state index contributed by atoms with van der Waals surface area (Å²) in [4.78, 5) is 12.0. The molecule has 0 aromatic heterocycles. The summed E-state index contributed by atoms with van der Waals surface area (Å²) in [7, 11) is 0. The molecule has 0 heterocycles. The Bertz CT molecular complexity index is 805. The molecule has 2 heteroatoms. The van der Waals surface area contributed by atoms with E-state index < -0.39 is 0 Å². The van der Waals surface area contributed by atoms with Gasteiger partial charge in [0.2, 0.25) is 5.91 Å². The molecule has 3 aromatic carbocycles. The van der Waals surface area contributed by atoms with Gasteiger partial charge in [-0.15, -0.1) is 0 Å². The Morgan fingerprint density at radius 2 is 1.57 bits per heavy atom. The maximum Gasteiger partial charge on any atom is 0.220 e. The number of hydrogen-bond acceptors (Lipinski definition) is 1. The van der Waals surface area contributed by atoms with Crippen molar-refractivity contribution in [2.24, 2.45) is 0 Å². The second-order valence-corrected chi connectivity index (χ2v) is 5.94. The third kappa shape index (κ3) is 4.19. The highest BCUT2D eigenvalue weighted by Crippen LogP contribution is 2.15. The van der Waals surface area contributed by atoms with Crippen LogP contribution >= 0.6 is 0 Å². The third-order valence-corrected chi connectivity index (χ3v) is 4.06. The van der Waals surface area contributed by atoms with Crippen LogP contribution < -0.4 is 5.32 Å². The normalized spacial score (nSPS) is 10.7. The second kappa shape index (κ2) is 7.10. The Hall–Kier alpha value is -2.61. The van der Waals surface area contributed by atoms with Crippen LogP contribution in [-0.4, -0.2) is 5.91 Å². The van der Waals surface area contributed by atoms with Gasteiger partial charge in [0.15, 0.2) is 0 Å². The molecule has 0 aliphatic carbocycles. The molecule has 23 heavy (non-hydrogen) atoms. The molecule has 0 aliphatic heterocycles. The molecular weight excluding hydrogens is 282 g/mol. The van der Waals surface area contributed by atoms with E-state index in [0.717, 1.165) is 12.0 Å². The minimum atomic E-state index is 0.0960. The van der Waals surface area contributed by atoms with Crippen molar-refractivity contribution in [2.75, 3.05) is 0 Å². The zero-order chi connectivity index (χ0) is 16.1. The molecule has 1 amide bonds. The first-order chi connectivity index (χ1) is 11.2. The minimum absolute atomic E-state index is 0.0960. The van der Waals surface area contributed by atoms with E-state index in [1.54, 1.807) is 0 Å². The van der Waals surface area contributed by atoms with E-state index in [1.165, 1.54) is 21.9 Å². The van der Waals surface area contributed by atoms with Crippen molar-refractivity contribution in [3.05, 3.63) is 83.4 Å². The second-order valence-electron chi connectivity index (χ2n) is 5.94. The lowest BCUT2D eigenvalue weighted by molar-refractivity contribution is -0.121. The quantitative estimate of drug-likeness (QED) is 0.744. The number of aryl methyl sites for hydroxylation is 2. The predicted molar refractivity (Wildman–Crippen MR) is 95.3 cm³/mol. The molecule has 2 nitrogen and oxygen atoms in total. The van der Waals surface area contributed by atoms with Crippen LogP contribution in [0.1, 0.15) is 23.1 Å². The van der Waals surface area contributed by atoms with Crippen LogP contribution in [0, 0.1) is 6.92 Å². The fraction of sp³-hybridized carbons (Fsp3) is 0.190. The molecule has 0 aliphatic rings. The lowest BCUT2D eigenvalue weighted by atomic mass is 10.1. The molecule has 0 spiro atoms. The van der Waals surface area contributed by atoms with Gasteiger partial charge in [0.05, 0.1) is 0 Å². The van der Waals surface area contributed by atoms with Gasteiger partial charge < -0.3 is 5.32 Å². The van der Waals surface area contributed by atoms with Crippen molar-refractivity contribution in [3.8, 4) is 0 Å². The number of benzene rings is 3. The number of nitrogens with one attached hydrogen (secondary N) is 1. The molecular formula is C21H21NO. The molecule has 0 saturated heterocycles. The standard InChI is InChI=1S/C21H21NO/c1-16-6-8-17(9-7-16)11-13-21(23)22-15-18-10-12-19-4-2-3-5-20(19)14-18/h2-10,12,14H,11,13,15H2,1H3,(H,22,23). The van der Waals surface area contributed by atoms with E-state index in [0.29, 0.717) is 13.0 Å². The zero-order valence-corrected chi connectivity index (χ0v) is 13.4. The molecule has 0 unspecified atom stereocenters. The van der Waals surface area contributed by atoms with Crippen LogP contribution in [0.2, 0.25) is 0 Å². The van der Waals surface area contributed by atoms with Gasteiger partial charge in [0.1, 0.15) is 0 Å². The molecule has 0 saturated carbocycles. The van der Waals surface area contributed by atoms with Gasteiger partial charge in [-0.3, -0.25) is 4.79 Å². The monoisotopic (exact) mass is 303 g/mol. The summed E-state index contributed by atoms with van der Waals surface area (Å²) in [5.41, 5.74) is 3.58. The number of carbonyl (C=O) groups is 1. The average molecular weight is 303 g/mol. The van der Waals surface area contributed by atoms with Crippen LogP contribution in [0.25, 0.3) is 10.8 Å². The highest BCUT2D eigenvalue weighted by Gasteiger charge is 2.03. The Kier molecular flexibility index (Phi) is 4.72. The van der Waals surface area contributed by atoms with Crippen LogP contribution in [0.4, 0.5) is 0 Å². The van der Waals surface area contributed by atoms with Crippen molar-refractivity contribution in [3.63, 3.8) is 0 Å². The summed E-state index contributed by atoms with van der Waals surface area (Å²) >= 11 is 0. The van der Waals surface area contributed by atoms with Gasteiger partial charge in [-0.2, -0.15) is 0 Å². The number of amides is 1. The first-order valence-corrected chi connectivity index (χ1v) is 8.01. The van der Waals surface area contributed by atoms with Crippen molar-refractivity contribution < 1.29 is 4.79 Å². The summed E-state index contributed by atoms with van der Waals surface area (Å²) in [5.74, 6) is 0.0960. The first kappa shape index (κ1) is 15.3. The summed E-state index contributed by atoms with van der Waals surface area (Å²) in [6, 6.07) is 22.9. The lowest BCUT2D eigenvalue weighted by Gasteiger charge is -2.07. The smallest absolute Gasteiger partial charge is 0.220 e. The van der Waals surface area contributed by atoms with Crippen molar-refractivity contribution >= 4 is 16.7 Å².